The first-order valence-electron chi connectivity index (χ1n) is 14.3. The Morgan fingerprint density at radius 3 is 2.50 bits per heavy atom. The van der Waals surface area contributed by atoms with Crippen molar-refractivity contribution in [1.82, 2.24) is 19.9 Å². The van der Waals surface area contributed by atoms with Crippen LogP contribution in [0.3, 0.4) is 0 Å². The molecule has 4 heterocycles. The molecule has 3 aromatic heterocycles. The fourth-order valence-electron chi connectivity index (χ4n) is 6.10. The predicted molar refractivity (Wildman–Crippen MR) is 157 cm³/mol. The van der Waals surface area contributed by atoms with E-state index in [0.717, 1.165) is 24.6 Å². The van der Waals surface area contributed by atoms with Crippen molar-refractivity contribution in [3.8, 4) is 11.1 Å². The first-order chi connectivity index (χ1) is 21.1. The Balaban J connectivity index is 1.39. The molecule has 1 saturated carbocycles. The van der Waals surface area contributed by atoms with E-state index in [9.17, 15) is 23.2 Å². The number of hydrogen-bond donors (Lipinski definition) is 2. The lowest BCUT2D eigenvalue weighted by atomic mass is 9.85. The number of rotatable bonds is 8. The quantitative estimate of drug-likeness (QED) is 0.269. The van der Waals surface area contributed by atoms with Crippen LogP contribution >= 0.6 is 0 Å². The van der Waals surface area contributed by atoms with Crippen molar-refractivity contribution in [3.05, 3.63) is 117 Å². The van der Waals surface area contributed by atoms with Crippen molar-refractivity contribution >= 4 is 22.9 Å². The highest BCUT2D eigenvalue weighted by molar-refractivity contribution is 6.12. The van der Waals surface area contributed by atoms with Crippen LogP contribution in [0.15, 0.2) is 70.0 Å². The van der Waals surface area contributed by atoms with Gasteiger partial charge in [0.15, 0.2) is 5.58 Å². The van der Waals surface area contributed by atoms with Gasteiger partial charge < -0.3 is 15.5 Å². The van der Waals surface area contributed by atoms with Crippen LogP contribution in [0.25, 0.3) is 22.2 Å². The molecule has 5 aromatic rings. The van der Waals surface area contributed by atoms with E-state index in [1.54, 1.807) is 30.3 Å². The molecule has 7 rings (SSSR count). The number of carbonyl (C=O) groups is 2. The summed E-state index contributed by atoms with van der Waals surface area (Å²) in [6, 6.07) is 13.8. The van der Waals surface area contributed by atoms with Crippen LogP contribution in [0.1, 0.15) is 63.1 Å². The van der Waals surface area contributed by atoms with E-state index in [1.807, 2.05) is 6.92 Å². The van der Waals surface area contributed by atoms with Crippen molar-refractivity contribution in [2.45, 2.75) is 44.7 Å². The number of fused-ring (bicyclic) bond motifs is 2. The number of nitrogens with one attached hydrogen (secondary N) is 1. The molecule has 2 amide bonds. The van der Waals surface area contributed by atoms with Crippen molar-refractivity contribution < 1.29 is 22.8 Å². The normalized spacial score (nSPS) is 17.6. The van der Waals surface area contributed by atoms with E-state index in [0.29, 0.717) is 52.5 Å². The highest BCUT2D eigenvalue weighted by atomic mass is 19.1. The lowest BCUT2D eigenvalue weighted by molar-refractivity contribution is 0.0935. The largest absolute Gasteiger partial charge is 0.420 e. The Morgan fingerprint density at radius 1 is 1.07 bits per heavy atom. The Morgan fingerprint density at radius 2 is 1.82 bits per heavy atom. The summed E-state index contributed by atoms with van der Waals surface area (Å²) in [6.45, 7) is 1.91. The Bertz CT molecular complexity index is 2030. The summed E-state index contributed by atoms with van der Waals surface area (Å²) in [5, 5.41) is 3.05. The van der Waals surface area contributed by atoms with E-state index in [-0.39, 0.29) is 29.1 Å². The molecule has 0 bridgehead atoms. The summed E-state index contributed by atoms with van der Waals surface area (Å²) in [5.74, 6) is -2.28. The number of halogens is 2. The molecule has 1 atom stereocenters. The minimum atomic E-state index is -0.949. The molecule has 222 valence electrons. The molecular formula is C33H27F2N5O4. The van der Waals surface area contributed by atoms with Crippen LogP contribution in [0.5, 0.6) is 0 Å². The Hall–Kier alpha value is -5.19. The molecule has 0 radical (unpaired) electrons. The van der Waals surface area contributed by atoms with Gasteiger partial charge in [-0.15, -0.1) is 0 Å². The molecule has 1 aliphatic heterocycles. The Kier molecular flexibility index (Phi) is 6.42. The monoisotopic (exact) mass is 595 g/mol. The predicted octanol–water partition coefficient (Wildman–Crippen LogP) is 4.63. The lowest BCUT2D eigenvalue weighted by Crippen LogP contribution is -2.39. The topological polar surface area (TPSA) is 133 Å². The highest BCUT2D eigenvalue weighted by Gasteiger charge is 2.45. The standard InChI is InChI=1S/C33H27F2N5O4/c1-33(14-18-4-7-20(34)8-5-18)29-28(31(42)39-33)26(27(30(36)41)23(38-29)12-17-2-3-17)19-6-11-24-25(13-19)44-32(43)40(24)16-22-10-9-21(35)15-37-22/h4-11,13,15,17H,2-3,12,14,16H2,1H3,(H2,36,41)(H,39,42)/t33-/m0/s1. The summed E-state index contributed by atoms with van der Waals surface area (Å²) < 4.78 is 33.9. The van der Waals surface area contributed by atoms with Gasteiger partial charge in [-0.3, -0.25) is 24.1 Å². The fourth-order valence-corrected chi connectivity index (χ4v) is 6.10. The number of aromatic nitrogens is 3. The molecular weight excluding hydrogens is 568 g/mol. The lowest BCUT2D eigenvalue weighted by Gasteiger charge is -2.26. The number of carbonyl (C=O) groups excluding carboxylic acids is 2. The van der Waals surface area contributed by atoms with Gasteiger partial charge in [0.05, 0.1) is 52.0 Å². The fraction of sp³-hybridized carbons (Fsp3) is 0.242. The minimum Gasteiger partial charge on any atom is -0.408 e. The smallest absolute Gasteiger partial charge is 0.408 e. The summed E-state index contributed by atoms with van der Waals surface area (Å²) >= 11 is 0. The maximum atomic E-state index is 13.7. The first kappa shape index (κ1) is 27.6. The number of pyridine rings is 2. The number of benzene rings is 2. The van der Waals surface area contributed by atoms with E-state index in [1.165, 1.54) is 28.8 Å². The number of primary amides is 1. The molecule has 1 fully saturated rings. The average Bonchev–Trinajstić information content (AvgIpc) is 3.70. The maximum Gasteiger partial charge on any atom is 0.420 e. The van der Waals surface area contributed by atoms with Crippen LogP contribution in [0.4, 0.5) is 8.78 Å². The zero-order chi connectivity index (χ0) is 30.7. The molecule has 0 saturated heterocycles. The average molecular weight is 596 g/mol. The summed E-state index contributed by atoms with van der Waals surface area (Å²) in [5.41, 5.74) is 9.14. The van der Waals surface area contributed by atoms with Crippen molar-refractivity contribution in [2.24, 2.45) is 11.7 Å². The van der Waals surface area contributed by atoms with E-state index in [4.69, 9.17) is 15.1 Å². The first-order valence-corrected chi connectivity index (χ1v) is 14.3. The second-order valence-electron chi connectivity index (χ2n) is 11.7. The number of oxazole rings is 1. The third kappa shape index (κ3) is 4.83. The van der Waals surface area contributed by atoms with Gasteiger partial charge in [0.2, 0.25) is 0 Å². The van der Waals surface area contributed by atoms with E-state index < -0.39 is 28.9 Å². The molecule has 2 aliphatic rings. The zero-order valence-electron chi connectivity index (χ0n) is 23.7. The molecule has 1 aliphatic carbocycles. The van der Waals surface area contributed by atoms with Gasteiger partial charge in [-0.2, -0.15) is 0 Å². The second-order valence-corrected chi connectivity index (χ2v) is 11.7. The van der Waals surface area contributed by atoms with Crippen LogP contribution in [0, 0.1) is 17.6 Å². The van der Waals surface area contributed by atoms with Gasteiger partial charge in [0, 0.05) is 12.0 Å². The second kappa shape index (κ2) is 10.2. The molecule has 11 heteroatoms. The summed E-state index contributed by atoms with van der Waals surface area (Å²) in [6.07, 6.45) is 3.95. The van der Waals surface area contributed by atoms with Crippen LogP contribution < -0.4 is 16.8 Å². The van der Waals surface area contributed by atoms with Gasteiger partial charge in [0.1, 0.15) is 11.6 Å². The number of nitrogens with two attached hydrogens (primary N) is 1. The van der Waals surface area contributed by atoms with Gasteiger partial charge in [-0.1, -0.05) is 18.2 Å². The maximum absolute atomic E-state index is 13.7. The third-order valence-corrected chi connectivity index (χ3v) is 8.37. The minimum absolute atomic E-state index is 0.0539. The molecule has 2 aromatic carbocycles. The van der Waals surface area contributed by atoms with E-state index in [2.05, 4.69) is 10.3 Å². The third-order valence-electron chi connectivity index (χ3n) is 8.37. The van der Waals surface area contributed by atoms with Gasteiger partial charge in [0.25, 0.3) is 11.8 Å². The highest BCUT2D eigenvalue weighted by Crippen LogP contribution is 2.43. The molecule has 3 N–H and O–H groups in total. The molecule has 9 nitrogen and oxygen atoms in total. The van der Waals surface area contributed by atoms with Crippen LogP contribution in [-0.2, 0) is 24.9 Å². The Labute approximate surface area is 249 Å². The summed E-state index contributed by atoms with van der Waals surface area (Å²) in [4.78, 5) is 48.6. The summed E-state index contributed by atoms with van der Waals surface area (Å²) in [7, 11) is 0. The van der Waals surface area contributed by atoms with Gasteiger partial charge in [-0.25, -0.2) is 13.6 Å². The van der Waals surface area contributed by atoms with Crippen molar-refractivity contribution in [2.75, 3.05) is 0 Å². The molecule has 44 heavy (non-hydrogen) atoms. The van der Waals surface area contributed by atoms with Crippen LogP contribution in [0.2, 0.25) is 0 Å². The van der Waals surface area contributed by atoms with Gasteiger partial charge in [-0.05, 0) is 79.6 Å². The zero-order valence-corrected chi connectivity index (χ0v) is 23.7. The van der Waals surface area contributed by atoms with Crippen molar-refractivity contribution in [1.29, 1.82) is 0 Å². The molecule has 0 unspecified atom stereocenters. The SMILES string of the molecule is C[C@@]1(Cc2ccc(F)cc2)NC(=O)c2c1nc(CC1CC1)c(C(N)=O)c2-c1ccc2c(c1)oc(=O)n2Cc1ccc(F)cn1. The van der Waals surface area contributed by atoms with Crippen LogP contribution in [-0.4, -0.2) is 26.3 Å². The van der Waals surface area contributed by atoms with E-state index >= 15 is 0 Å². The van der Waals surface area contributed by atoms with Crippen molar-refractivity contribution in [3.63, 3.8) is 0 Å². The number of amides is 2. The number of hydrogen-bond acceptors (Lipinski definition) is 6. The number of nitrogens with zero attached hydrogens (tertiary/aromatic N) is 3. The molecule has 0 spiro atoms. The van der Waals surface area contributed by atoms with Gasteiger partial charge >= 0.3 is 5.76 Å².